The molecule has 0 N–H and O–H groups in total. The standard InChI is InChI=1S/C22H17FN4OS/c23-17-10-16(22(13-24)5-7-28-8-6-22)11-19(12-17)29-18-2-3-20-15(9-18)1-4-21-26-25-14-27(20)21/h1-4,9-12,14H,5-8H2. The topological polar surface area (TPSA) is 63.2 Å². The summed E-state index contributed by atoms with van der Waals surface area (Å²) in [5.74, 6) is -0.321. The van der Waals surface area contributed by atoms with Gasteiger partial charge in [-0.1, -0.05) is 11.8 Å². The van der Waals surface area contributed by atoms with E-state index < -0.39 is 5.41 Å². The Morgan fingerprint density at radius 2 is 1.93 bits per heavy atom. The van der Waals surface area contributed by atoms with E-state index in [4.69, 9.17) is 4.74 Å². The van der Waals surface area contributed by atoms with Gasteiger partial charge in [-0.05, 0) is 72.3 Å². The van der Waals surface area contributed by atoms with E-state index in [9.17, 15) is 9.65 Å². The highest BCUT2D eigenvalue weighted by molar-refractivity contribution is 7.99. The molecule has 0 spiro atoms. The molecule has 144 valence electrons. The third kappa shape index (κ3) is 3.24. The molecule has 0 amide bonds. The van der Waals surface area contributed by atoms with Gasteiger partial charge in [0.15, 0.2) is 5.65 Å². The molecule has 5 rings (SSSR count). The first kappa shape index (κ1) is 18.1. The van der Waals surface area contributed by atoms with Crippen molar-refractivity contribution in [3.8, 4) is 6.07 Å². The summed E-state index contributed by atoms with van der Waals surface area (Å²) in [4.78, 5) is 1.78. The van der Waals surface area contributed by atoms with Crippen molar-refractivity contribution in [3.63, 3.8) is 0 Å². The van der Waals surface area contributed by atoms with Crippen molar-refractivity contribution in [3.05, 3.63) is 66.2 Å². The van der Waals surface area contributed by atoms with Gasteiger partial charge in [-0.2, -0.15) is 5.26 Å². The molecule has 29 heavy (non-hydrogen) atoms. The van der Waals surface area contributed by atoms with E-state index in [1.54, 1.807) is 6.33 Å². The minimum Gasteiger partial charge on any atom is -0.381 e. The summed E-state index contributed by atoms with van der Waals surface area (Å²) in [5, 5.41) is 18.9. The zero-order chi connectivity index (χ0) is 19.8. The minimum atomic E-state index is -0.681. The lowest BCUT2D eigenvalue weighted by Gasteiger charge is -2.31. The number of rotatable bonds is 3. The van der Waals surface area contributed by atoms with Gasteiger partial charge in [0, 0.05) is 23.0 Å². The average molecular weight is 404 g/mol. The number of pyridine rings is 1. The summed E-state index contributed by atoms with van der Waals surface area (Å²) in [5.41, 5.74) is 1.87. The van der Waals surface area contributed by atoms with Gasteiger partial charge in [0.1, 0.15) is 12.1 Å². The molecule has 2 aromatic carbocycles. The molecule has 3 heterocycles. The summed E-state index contributed by atoms with van der Waals surface area (Å²) in [7, 11) is 0. The van der Waals surface area contributed by atoms with Gasteiger partial charge in [0.2, 0.25) is 0 Å². The Bertz CT molecular complexity index is 1260. The first-order chi connectivity index (χ1) is 14.2. The molecule has 5 nitrogen and oxygen atoms in total. The Kier molecular flexibility index (Phi) is 4.46. The van der Waals surface area contributed by atoms with E-state index >= 15 is 0 Å². The summed E-state index contributed by atoms with van der Waals surface area (Å²) in [6, 6.07) is 17.4. The van der Waals surface area contributed by atoms with Crippen LogP contribution in [0.25, 0.3) is 16.6 Å². The van der Waals surface area contributed by atoms with Crippen LogP contribution in [0.15, 0.2) is 64.6 Å². The zero-order valence-electron chi connectivity index (χ0n) is 15.5. The predicted molar refractivity (Wildman–Crippen MR) is 108 cm³/mol. The molecule has 0 aliphatic carbocycles. The molecule has 1 aliphatic rings. The second kappa shape index (κ2) is 7.14. The van der Waals surface area contributed by atoms with Crippen LogP contribution in [0.5, 0.6) is 0 Å². The molecular formula is C22H17FN4OS. The fourth-order valence-corrected chi connectivity index (χ4v) is 4.83. The van der Waals surface area contributed by atoms with Crippen molar-refractivity contribution < 1.29 is 9.13 Å². The second-order valence-corrected chi connectivity index (χ2v) is 8.34. The summed E-state index contributed by atoms with van der Waals surface area (Å²) in [6.07, 6.45) is 2.86. The van der Waals surface area contributed by atoms with Gasteiger partial charge >= 0.3 is 0 Å². The number of nitriles is 1. The second-order valence-electron chi connectivity index (χ2n) is 7.20. The third-order valence-electron chi connectivity index (χ3n) is 5.46. The number of halogens is 1. The number of ether oxygens (including phenoxy) is 1. The molecule has 0 bridgehead atoms. The van der Waals surface area contributed by atoms with Crippen molar-refractivity contribution >= 4 is 28.3 Å². The Morgan fingerprint density at radius 3 is 2.76 bits per heavy atom. The Hall–Kier alpha value is -2.95. The molecule has 1 fully saturated rings. The summed E-state index contributed by atoms with van der Waals surface area (Å²) >= 11 is 1.49. The molecule has 0 atom stereocenters. The van der Waals surface area contributed by atoms with Crippen molar-refractivity contribution in [2.24, 2.45) is 0 Å². The fourth-order valence-electron chi connectivity index (χ4n) is 3.88. The van der Waals surface area contributed by atoms with Gasteiger partial charge in [-0.3, -0.25) is 4.40 Å². The molecule has 4 aromatic rings. The van der Waals surface area contributed by atoms with Crippen LogP contribution < -0.4 is 0 Å². The molecule has 1 aliphatic heterocycles. The van der Waals surface area contributed by atoms with Crippen LogP contribution in [0.4, 0.5) is 4.39 Å². The number of fused-ring (bicyclic) bond motifs is 3. The maximum absolute atomic E-state index is 14.4. The van der Waals surface area contributed by atoms with E-state index in [0.717, 1.165) is 31.9 Å². The molecule has 0 saturated carbocycles. The SMILES string of the molecule is N#CC1(c2cc(F)cc(Sc3ccc4c(ccc5nncn54)c3)c2)CCOCC1. The van der Waals surface area contributed by atoms with Gasteiger partial charge in [-0.25, -0.2) is 4.39 Å². The van der Waals surface area contributed by atoms with E-state index in [0.29, 0.717) is 26.1 Å². The Labute approximate surface area is 171 Å². The van der Waals surface area contributed by atoms with Gasteiger partial charge in [-0.15, -0.1) is 10.2 Å². The molecule has 7 heteroatoms. The lowest BCUT2D eigenvalue weighted by molar-refractivity contribution is 0.0674. The Balaban J connectivity index is 1.51. The molecule has 2 aromatic heterocycles. The van der Waals surface area contributed by atoms with Crippen LogP contribution in [0.3, 0.4) is 0 Å². The molecule has 1 saturated heterocycles. The summed E-state index contributed by atoms with van der Waals surface area (Å²) < 4.78 is 21.8. The lowest BCUT2D eigenvalue weighted by atomic mass is 9.75. The number of aromatic nitrogens is 3. The third-order valence-corrected chi connectivity index (χ3v) is 6.43. The van der Waals surface area contributed by atoms with Crippen molar-refractivity contribution in [2.75, 3.05) is 13.2 Å². The van der Waals surface area contributed by atoms with E-state index in [-0.39, 0.29) is 5.82 Å². The molecule has 0 radical (unpaired) electrons. The molecule has 0 unspecified atom stereocenters. The largest absolute Gasteiger partial charge is 0.381 e. The van der Waals surface area contributed by atoms with E-state index in [1.165, 1.54) is 23.9 Å². The lowest BCUT2D eigenvalue weighted by Crippen LogP contribution is -2.32. The number of hydrogen-bond acceptors (Lipinski definition) is 5. The highest BCUT2D eigenvalue weighted by Crippen LogP contribution is 2.38. The zero-order valence-corrected chi connectivity index (χ0v) is 16.3. The van der Waals surface area contributed by atoms with Crippen LogP contribution >= 0.6 is 11.8 Å². The number of nitrogens with zero attached hydrogens (tertiary/aromatic N) is 4. The van der Waals surface area contributed by atoms with E-state index in [1.807, 2.05) is 34.7 Å². The highest BCUT2D eigenvalue weighted by atomic mass is 32.2. The van der Waals surface area contributed by atoms with Crippen molar-refractivity contribution in [2.45, 2.75) is 28.0 Å². The first-order valence-electron chi connectivity index (χ1n) is 9.37. The van der Waals surface area contributed by atoms with Gasteiger partial charge < -0.3 is 4.74 Å². The number of hydrogen-bond donors (Lipinski definition) is 0. The smallest absolute Gasteiger partial charge is 0.161 e. The van der Waals surface area contributed by atoms with Gasteiger partial charge in [0.05, 0.1) is 17.0 Å². The van der Waals surface area contributed by atoms with Crippen LogP contribution in [0, 0.1) is 17.1 Å². The Morgan fingerprint density at radius 1 is 1.07 bits per heavy atom. The van der Waals surface area contributed by atoms with Crippen LogP contribution in [-0.4, -0.2) is 27.8 Å². The average Bonchev–Trinajstić information content (AvgIpc) is 3.23. The monoisotopic (exact) mass is 404 g/mol. The minimum absolute atomic E-state index is 0.321. The quantitative estimate of drug-likeness (QED) is 0.493. The van der Waals surface area contributed by atoms with Crippen LogP contribution in [0.2, 0.25) is 0 Å². The maximum atomic E-state index is 14.4. The van der Waals surface area contributed by atoms with Crippen molar-refractivity contribution in [1.82, 2.24) is 14.6 Å². The fraction of sp³-hybridized carbons (Fsp3) is 0.227. The van der Waals surface area contributed by atoms with Gasteiger partial charge in [0.25, 0.3) is 0 Å². The van der Waals surface area contributed by atoms with Crippen LogP contribution in [-0.2, 0) is 10.2 Å². The predicted octanol–water partition coefficient (Wildman–Crippen LogP) is 4.74. The highest BCUT2D eigenvalue weighted by Gasteiger charge is 2.35. The first-order valence-corrected chi connectivity index (χ1v) is 10.2. The normalized spacial score (nSPS) is 16.1. The number of benzene rings is 2. The van der Waals surface area contributed by atoms with Crippen molar-refractivity contribution in [1.29, 1.82) is 5.26 Å². The van der Waals surface area contributed by atoms with E-state index in [2.05, 4.69) is 22.3 Å². The molecular weight excluding hydrogens is 387 g/mol. The van der Waals surface area contributed by atoms with Crippen LogP contribution in [0.1, 0.15) is 18.4 Å². The summed E-state index contributed by atoms with van der Waals surface area (Å²) in [6.45, 7) is 1.05. The maximum Gasteiger partial charge on any atom is 0.161 e.